The smallest absolute Gasteiger partial charge is 0.356 e. The Morgan fingerprint density at radius 2 is 0.706 bits per heavy atom. The van der Waals surface area contributed by atoms with Gasteiger partial charge in [0.15, 0.2) is 0 Å². The molecular weight excluding hydrogens is 378 g/mol. The van der Waals surface area contributed by atoms with Gasteiger partial charge in [0, 0.05) is 0 Å². The third-order valence-electron chi connectivity index (χ3n) is 0. The van der Waals surface area contributed by atoms with E-state index in [2.05, 4.69) is 0 Å². The van der Waals surface area contributed by atoms with Gasteiger partial charge in [0.2, 0.25) is 0 Å². The molecule has 0 heterocycles. The zero-order valence-electron chi connectivity index (χ0n) is 8.42. The van der Waals surface area contributed by atoms with Gasteiger partial charge >= 0.3 is 41.7 Å². The quantitative estimate of drug-likeness (QED) is 0.398. The molecule has 13 nitrogen and oxygen atoms in total. The molecule has 17 heavy (non-hydrogen) atoms. The second-order valence-electron chi connectivity index (χ2n) is 1.58. The molecule has 0 rings (SSSR count). The minimum Gasteiger partial charge on any atom is -0.356 e. The third-order valence-corrected chi connectivity index (χ3v) is 0. The van der Waals surface area contributed by atoms with E-state index in [0.29, 0.717) is 0 Å². The first-order valence-electron chi connectivity index (χ1n) is 2.85. The van der Waals surface area contributed by atoms with E-state index in [1.807, 2.05) is 0 Å². The van der Waals surface area contributed by atoms with Gasteiger partial charge in [0.1, 0.15) is 5.78 Å². The van der Waals surface area contributed by atoms with Gasteiger partial charge in [0.25, 0.3) is 0 Å². The van der Waals surface area contributed by atoms with Gasteiger partial charge in [-0.15, -0.1) is 0 Å². The SMILES string of the molecule is CC(C)=O.O=[N+]([O-])[O-].O=[N+]([O-])[O-].O=[N+]([O-])[O-].[Ce+3]. The van der Waals surface area contributed by atoms with Gasteiger partial charge in [0.05, 0.1) is 15.3 Å². The Kier molecular flexibility index (Phi) is 41.9. The summed E-state index contributed by atoms with van der Waals surface area (Å²) in [6.07, 6.45) is 0. The number of hydrogen-bond donors (Lipinski definition) is 0. The van der Waals surface area contributed by atoms with Crippen LogP contribution in [-0.4, -0.2) is 21.0 Å². The van der Waals surface area contributed by atoms with Crippen LogP contribution in [0.25, 0.3) is 0 Å². The first-order chi connectivity index (χ1) is 6.93. The van der Waals surface area contributed by atoms with E-state index in [4.69, 9.17) is 46.0 Å². The number of ketones is 1. The summed E-state index contributed by atoms with van der Waals surface area (Å²) in [4.78, 5) is 34.2. The van der Waals surface area contributed by atoms with Crippen molar-refractivity contribution in [3.8, 4) is 0 Å². The molecule has 0 spiro atoms. The number of hydrogen-bond acceptors (Lipinski definition) is 10. The molecule has 0 unspecified atom stereocenters. The molecule has 0 saturated carbocycles. The Hall–Kier alpha value is -1.35. The summed E-state index contributed by atoms with van der Waals surface area (Å²) in [5.74, 6) is 0.167. The van der Waals surface area contributed by atoms with E-state index >= 15 is 0 Å². The van der Waals surface area contributed by atoms with Crippen molar-refractivity contribution < 1.29 is 61.8 Å². The van der Waals surface area contributed by atoms with Crippen molar-refractivity contribution in [2.24, 2.45) is 0 Å². The summed E-state index contributed by atoms with van der Waals surface area (Å²) in [6.45, 7) is 3.06. The molecule has 0 aromatic rings. The first kappa shape index (κ1) is 29.6. The minimum absolute atomic E-state index is 0. The van der Waals surface area contributed by atoms with Crippen molar-refractivity contribution in [2.75, 3.05) is 0 Å². The van der Waals surface area contributed by atoms with E-state index in [1.165, 1.54) is 13.8 Å². The van der Waals surface area contributed by atoms with E-state index < -0.39 is 15.3 Å². The van der Waals surface area contributed by atoms with Crippen molar-refractivity contribution in [2.45, 2.75) is 13.8 Å². The molecule has 0 aliphatic heterocycles. The molecule has 0 saturated heterocycles. The molecule has 0 aromatic heterocycles. The Morgan fingerprint density at radius 1 is 0.706 bits per heavy atom. The minimum atomic E-state index is -1.75. The van der Waals surface area contributed by atoms with E-state index in [1.54, 1.807) is 0 Å². The number of carbonyl (C=O) groups excluding carboxylic acids is 1. The van der Waals surface area contributed by atoms with E-state index in [0.717, 1.165) is 0 Å². The fourth-order valence-corrected chi connectivity index (χ4v) is 0. The van der Waals surface area contributed by atoms with Gasteiger partial charge in [-0.2, -0.15) is 0 Å². The van der Waals surface area contributed by atoms with Crippen LogP contribution in [0.2, 0.25) is 0 Å². The summed E-state index contributed by atoms with van der Waals surface area (Å²) in [6, 6.07) is 0. The zero-order chi connectivity index (χ0) is 14.3. The Labute approximate surface area is 127 Å². The van der Waals surface area contributed by atoms with Crippen molar-refractivity contribution in [1.29, 1.82) is 0 Å². The van der Waals surface area contributed by atoms with Crippen LogP contribution in [0, 0.1) is 87.7 Å². The van der Waals surface area contributed by atoms with Crippen LogP contribution >= 0.6 is 0 Å². The van der Waals surface area contributed by atoms with E-state index in [-0.39, 0.29) is 47.5 Å². The van der Waals surface area contributed by atoms with Gasteiger partial charge < -0.3 is 50.8 Å². The number of nitrogens with zero attached hydrogens (tertiary/aromatic N) is 3. The van der Waals surface area contributed by atoms with Crippen molar-refractivity contribution in [1.82, 2.24) is 0 Å². The average molecular weight is 384 g/mol. The summed E-state index contributed by atoms with van der Waals surface area (Å²) in [7, 11) is 0. The molecule has 0 N–H and O–H groups in total. The Bertz CT molecular complexity index is 167. The summed E-state index contributed by atoms with van der Waals surface area (Å²) in [5.41, 5.74) is 0. The maximum absolute atomic E-state index is 9.44. The molecule has 0 fully saturated rings. The Morgan fingerprint density at radius 3 is 0.706 bits per heavy atom. The molecular formula is C3H6CeN3O10. The van der Waals surface area contributed by atoms with Crippen LogP contribution in [0.15, 0.2) is 0 Å². The van der Waals surface area contributed by atoms with Crippen LogP contribution in [0.5, 0.6) is 0 Å². The topological polar surface area (TPSA) is 216 Å². The van der Waals surface area contributed by atoms with Gasteiger partial charge in [-0.1, -0.05) is 0 Å². The van der Waals surface area contributed by atoms with Crippen molar-refractivity contribution in [3.63, 3.8) is 0 Å². The van der Waals surface area contributed by atoms with Gasteiger partial charge in [-0.3, -0.25) is 0 Å². The predicted octanol–water partition coefficient (Wildman–Crippen LogP) is -0.122. The summed E-state index contributed by atoms with van der Waals surface area (Å²) in [5, 5.41) is 44.2. The van der Waals surface area contributed by atoms with Crippen molar-refractivity contribution >= 4 is 5.78 Å². The normalized spacial score (nSPS) is 5.76. The van der Waals surface area contributed by atoms with Gasteiger partial charge in [-0.05, 0) is 13.8 Å². The third kappa shape index (κ3) is 1280. The standard InChI is InChI=1S/C3H6O.Ce.3NO3/c1-3(2)4;;3*2-1(3)4/h1-2H3;;;;/q;+3;3*-1. The first-order valence-corrected chi connectivity index (χ1v) is 2.85. The molecule has 0 aliphatic carbocycles. The van der Waals surface area contributed by atoms with E-state index in [9.17, 15) is 4.79 Å². The van der Waals surface area contributed by atoms with Crippen LogP contribution in [-0.2, 0) is 4.79 Å². The molecule has 0 aliphatic rings. The molecule has 97 valence electrons. The molecule has 0 atom stereocenters. The van der Waals surface area contributed by atoms with Crippen LogP contribution in [0.3, 0.4) is 0 Å². The monoisotopic (exact) mass is 384 g/mol. The Balaban J connectivity index is -0.0000000369. The van der Waals surface area contributed by atoms with Crippen LogP contribution in [0.1, 0.15) is 13.8 Å². The molecule has 14 heteroatoms. The zero-order valence-corrected chi connectivity index (χ0v) is 11.6. The molecule has 0 amide bonds. The second-order valence-corrected chi connectivity index (χ2v) is 1.58. The molecule has 0 bridgehead atoms. The number of Topliss-reactive ketones (excluding diaryl/α,β-unsaturated/α-hetero) is 1. The maximum atomic E-state index is 9.44. The fourth-order valence-electron chi connectivity index (χ4n) is 0. The number of rotatable bonds is 0. The second kappa shape index (κ2) is 24.1. The van der Waals surface area contributed by atoms with Crippen LogP contribution < -0.4 is 0 Å². The fraction of sp³-hybridized carbons (Fsp3) is 0.667. The molecule has 1 radical (unpaired) electrons. The summed E-state index contributed by atoms with van der Waals surface area (Å²) >= 11 is 0. The van der Waals surface area contributed by atoms with Crippen molar-refractivity contribution in [3.05, 3.63) is 46.0 Å². The summed E-state index contributed by atoms with van der Waals surface area (Å²) < 4.78 is 0. The predicted molar refractivity (Wildman–Crippen MR) is 47.4 cm³/mol. The van der Waals surface area contributed by atoms with Crippen LogP contribution in [0.4, 0.5) is 0 Å². The number of carbonyl (C=O) groups is 1. The molecule has 0 aromatic carbocycles. The van der Waals surface area contributed by atoms with Gasteiger partial charge in [-0.25, -0.2) is 0 Å². The average Bonchev–Trinajstić information content (AvgIpc) is 1.76. The maximum Gasteiger partial charge on any atom is 3.00 e. The largest absolute Gasteiger partial charge is 3.00 e.